The first kappa shape index (κ1) is 20.0. The Labute approximate surface area is 187 Å². The molecule has 0 saturated heterocycles. The second-order valence-corrected chi connectivity index (χ2v) is 8.62. The van der Waals surface area contributed by atoms with Crippen LogP contribution in [0.5, 0.6) is 0 Å². The Morgan fingerprint density at radius 3 is 2.59 bits per heavy atom. The Bertz CT molecular complexity index is 1340. The van der Waals surface area contributed by atoms with E-state index < -0.39 is 11.2 Å². The molecule has 7 heteroatoms. The van der Waals surface area contributed by atoms with Crippen LogP contribution in [-0.4, -0.2) is 21.4 Å². The summed E-state index contributed by atoms with van der Waals surface area (Å²) in [5, 5.41) is 5.66. The minimum atomic E-state index is -1.53. The molecule has 6 nitrogen and oxygen atoms in total. The van der Waals surface area contributed by atoms with E-state index in [0.29, 0.717) is 32.3 Å². The molecule has 5 rings (SSSR count). The van der Waals surface area contributed by atoms with Crippen LogP contribution in [0.1, 0.15) is 20.7 Å². The highest BCUT2D eigenvalue weighted by Gasteiger charge is 2.30. The topological polar surface area (TPSA) is 94.2 Å². The molecule has 2 N–H and O–H groups in total. The number of amides is 2. The van der Waals surface area contributed by atoms with Gasteiger partial charge in [-0.25, -0.2) is 0 Å². The molecule has 1 atom stereocenters. The largest absolute Gasteiger partial charge is 0.606 e. The van der Waals surface area contributed by atoms with Gasteiger partial charge in [0, 0.05) is 40.4 Å². The maximum Gasteiger partial charge on any atom is 0.260 e. The summed E-state index contributed by atoms with van der Waals surface area (Å²) in [6.45, 7) is 0. The van der Waals surface area contributed by atoms with Crippen molar-refractivity contribution in [2.75, 3.05) is 10.6 Å². The van der Waals surface area contributed by atoms with E-state index >= 15 is 0 Å². The highest BCUT2D eigenvalue weighted by Crippen LogP contribution is 2.34. The molecule has 0 bridgehead atoms. The fourth-order valence-electron chi connectivity index (χ4n) is 3.57. The number of hydrogen-bond acceptors (Lipinski definition) is 4. The smallest absolute Gasteiger partial charge is 0.260 e. The van der Waals surface area contributed by atoms with Crippen LogP contribution in [0, 0.1) is 0 Å². The van der Waals surface area contributed by atoms with Crippen molar-refractivity contribution >= 4 is 34.4 Å². The zero-order valence-corrected chi connectivity index (χ0v) is 17.6. The van der Waals surface area contributed by atoms with Crippen LogP contribution in [0.3, 0.4) is 0 Å². The van der Waals surface area contributed by atoms with Crippen LogP contribution in [0.2, 0.25) is 0 Å². The summed E-state index contributed by atoms with van der Waals surface area (Å²) < 4.78 is 13.0. The lowest BCUT2D eigenvalue weighted by Crippen LogP contribution is -2.14. The normalized spacial score (nSPS) is 14.5. The van der Waals surface area contributed by atoms with Gasteiger partial charge >= 0.3 is 0 Å². The summed E-state index contributed by atoms with van der Waals surface area (Å²) in [5.41, 5.74) is 3.57. The Morgan fingerprint density at radius 2 is 1.75 bits per heavy atom. The first-order valence-electron chi connectivity index (χ1n) is 9.88. The van der Waals surface area contributed by atoms with Crippen molar-refractivity contribution in [1.29, 1.82) is 0 Å². The predicted molar refractivity (Wildman–Crippen MR) is 123 cm³/mol. The maximum atomic E-state index is 13.0. The van der Waals surface area contributed by atoms with Crippen molar-refractivity contribution in [2.24, 2.45) is 0 Å². The number of carbonyl (C=O) groups is 2. The van der Waals surface area contributed by atoms with Crippen molar-refractivity contribution in [2.45, 2.75) is 9.79 Å². The minimum Gasteiger partial charge on any atom is -0.606 e. The van der Waals surface area contributed by atoms with E-state index in [1.165, 1.54) is 0 Å². The highest BCUT2D eigenvalue weighted by molar-refractivity contribution is 7.91. The Kier molecular flexibility index (Phi) is 5.18. The highest BCUT2D eigenvalue weighted by atomic mass is 32.2. The van der Waals surface area contributed by atoms with E-state index in [1.807, 2.05) is 30.3 Å². The Morgan fingerprint density at radius 1 is 0.906 bits per heavy atom. The number of anilines is 2. The van der Waals surface area contributed by atoms with Crippen molar-refractivity contribution < 1.29 is 14.1 Å². The minimum absolute atomic E-state index is 0.335. The summed E-state index contributed by atoms with van der Waals surface area (Å²) in [6, 6.07) is 22.8. The lowest BCUT2D eigenvalue weighted by Gasteiger charge is -2.12. The number of pyridine rings is 1. The number of nitrogens with one attached hydrogen (secondary N) is 2. The van der Waals surface area contributed by atoms with Gasteiger partial charge in [0.1, 0.15) is 0 Å². The average molecular weight is 439 g/mol. The third-order valence-electron chi connectivity index (χ3n) is 5.14. The van der Waals surface area contributed by atoms with Crippen LogP contribution < -0.4 is 10.6 Å². The number of nitrogens with zero attached hydrogens (tertiary/aromatic N) is 1. The molecule has 3 aromatic carbocycles. The van der Waals surface area contributed by atoms with E-state index in [0.717, 1.165) is 11.1 Å². The summed E-state index contributed by atoms with van der Waals surface area (Å²) in [7, 11) is 0. The van der Waals surface area contributed by atoms with E-state index in [-0.39, 0.29) is 11.8 Å². The average Bonchev–Trinajstić information content (AvgIpc) is 2.94. The third-order valence-corrected chi connectivity index (χ3v) is 6.65. The summed E-state index contributed by atoms with van der Waals surface area (Å²) in [5.74, 6) is -0.688. The number of rotatable bonds is 3. The predicted octanol–water partition coefficient (Wildman–Crippen LogP) is 4.73. The van der Waals surface area contributed by atoms with E-state index in [9.17, 15) is 14.1 Å². The molecule has 0 radical (unpaired) electrons. The fourth-order valence-corrected chi connectivity index (χ4v) is 4.87. The van der Waals surface area contributed by atoms with Gasteiger partial charge in [-0.1, -0.05) is 30.3 Å². The molecule has 1 unspecified atom stereocenters. The summed E-state index contributed by atoms with van der Waals surface area (Å²) >= 11 is -1.53. The molecule has 2 amide bonds. The SMILES string of the molecule is O=C(Nc1cccc(-c2cccnc2)c1)c1ccc2c(c1)NC(=O)c1ccccc1[S+]2[O-]. The first-order chi connectivity index (χ1) is 15.6. The molecule has 0 saturated carbocycles. The molecule has 1 aliphatic heterocycles. The second-order valence-electron chi connectivity index (χ2n) is 7.21. The zero-order valence-electron chi connectivity index (χ0n) is 16.7. The van der Waals surface area contributed by atoms with Gasteiger partial charge in [0.15, 0.2) is 9.79 Å². The maximum absolute atomic E-state index is 13.0. The van der Waals surface area contributed by atoms with Gasteiger partial charge in [0.2, 0.25) is 0 Å². The number of carbonyl (C=O) groups excluding carboxylic acids is 2. The standard InChI is InChI=1S/C25H17N3O3S/c29-24(27-19-7-3-5-16(13-19)18-6-4-12-26-15-18)17-10-11-23-21(14-17)28-25(30)20-8-1-2-9-22(20)32(23)31/h1-15H,(H,27,29)(H,28,30). The van der Waals surface area contributed by atoms with E-state index in [1.54, 1.807) is 60.9 Å². The lowest BCUT2D eigenvalue weighted by atomic mass is 10.1. The molecular formula is C25H17N3O3S. The van der Waals surface area contributed by atoms with Crippen LogP contribution in [0.15, 0.2) is 101 Å². The van der Waals surface area contributed by atoms with Crippen LogP contribution in [-0.2, 0) is 11.2 Å². The van der Waals surface area contributed by atoms with E-state index in [2.05, 4.69) is 15.6 Å². The van der Waals surface area contributed by atoms with Gasteiger partial charge in [0.25, 0.3) is 11.8 Å². The van der Waals surface area contributed by atoms with Crippen molar-refractivity contribution in [1.82, 2.24) is 4.98 Å². The molecule has 4 aromatic rings. The van der Waals surface area contributed by atoms with Gasteiger partial charge in [-0.2, -0.15) is 0 Å². The van der Waals surface area contributed by atoms with Crippen molar-refractivity contribution in [3.8, 4) is 11.1 Å². The van der Waals surface area contributed by atoms with Gasteiger partial charge < -0.3 is 15.2 Å². The Hall–Kier alpha value is -3.94. The molecule has 2 heterocycles. The quantitative estimate of drug-likeness (QED) is 0.451. The van der Waals surface area contributed by atoms with Crippen LogP contribution in [0.25, 0.3) is 11.1 Å². The van der Waals surface area contributed by atoms with E-state index in [4.69, 9.17) is 0 Å². The molecule has 1 aromatic heterocycles. The van der Waals surface area contributed by atoms with Crippen molar-refractivity contribution in [3.05, 3.63) is 102 Å². The number of benzene rings is 3. The molecule has 156 valence electrons. The van der Waals surface area contributed by atoms with Gasteiger partial charge in [-0.3, -0.25) is 14.6 Å². The number of fused-ring (bicyclic) bond motifs is 2. The molecule has 1 aliphatic rings. The van der Waals surface area contributed by atoms with Crippen molar-refractivity contribution in [3.63, 3.8) is 0 Å². The zero-order chi connectivity index (χ0) is 22.1. The molecular weight excluding hydrogens is 422 g/mol. The summed E-state index contributed by atoms with van der Waals surface area (Å²) in [6.07, 6.45) is 3.46. The lowest BCUT2D eigenvalue weighted by molar-refractivity contribution is 0.101. The molecule has 0 spiro atoms. The second kappa shape index (κ2) is 8.30. The van der Waals surface area contributed by atoms with Crippen LogP contribution >= 0.6 is 0 Å². The first-order valence-corrected chi connectivity index (χ1v) is 11.0. The van der Waals surface area contributed by atoms with Gasteiger partial charge in [-0.15, -0.1) is 0 Å². The third kappa shape index (κ3) is 3.75. The number of hydrogen-bond donors (Lipinski definition) is 2. The van der Waals surface area contributed by atoms with Gasteiger partial charge in [-0.05, 0) is 54.1 Å². The summed E-state index contributed by atoms with van der Waals surface area (Å²) in [4.78, 5) is 30.5. The van der Waals surface area contributed by atoms with Gasteiger partial charge in [0.05, 0.1) is 11.3 Å². The monoisotopic (exact) mass is 439 g/mol. The Balaban J connectivity index is 1.42. The fraction of sp³-hybridized carbons (Fsp3) is 0. The number of aromatic nitrogens is 1. The van der Waals surface area contributed by atoms with Crippen LogP contribution in [0.4, 0.5) is 11.4 Å². The molecule has 0 aliphatic carbocycles. The molecule has 0 fully saturated rings. The molecule has 32 heavy (non-hydrogen) atoms.